The topological polar surface area (TPSA) is 87.4 Å². The highest BCUT2D eigenvalue weighted by Crippen LogP contribution is 2.43. The third-order valence-corrected chi connectivity index (χ3v) is 5.20. The SMILES string of the molecule is C.C.C.Cc1noc(C)c1-c1ccc2c(c1)C(NC[C@H](C)O)(c1ccccc1)C(=O)N2.S. The van der Waals surface area contributed by atoms with E-state index in [1.807, 2.05) is 62.4 Å². The van der Waals surface area contributed by atoms with Crippen LogP contribution in [0.3, 0.4) is 0 Å². The largest absolute Gasteiger partial charge is 0.392 e. The zero-order valence-corrected chi connectivity index (χ0v) is 17.6. The van der Waals surface area contributed by atoms with Crippen LogP contribution in [0.25, 0.3) is 11.1 Å². The Morgan fingerprint density at radius 1 is 1.12 bits per heavy atom. The average Bonchev–Trinajstić information content (AvgIpc) is 3.16. The number of aromatic nitrogens is 1. The van der Waals surface area contributed by atoms with E-state index >= 15 is 0 Å². The smallest absolute Gasteiger partial charge is 0.254 e. The van der Waals surface area contributed by atoms with Crippen molar-refractivity contribution in [2.24, 2.45) is 0 Å². The van der Waals surface area contributed by atoms with Gasteiger partial charge in [0.05, 0.1) is 11.8 Å². The Kier molecular flexibility index (Phi) is 10.4. The number of hydrogen-bond acceptors (Lipinski definition) is 5. The minimum Gasteiger partial charge on any atom is -0.392 e. The number of hydrogen-bond donors (Lipinski definition) is 3. The molecular weight excluding hydrogens is 422 g/mol. The average molecular weight is 460 g/mol. The van der Waals surface area contributed by atoms with E-state index in [0.717, 1.165) is 39.4 Å². The van der Waals surface area contributed by atoms with Crippen molar-refractivity contribution in [3.8, 4) is 11.1 Å². The Morgan fingerprint density at radius 2 is 1.78 bits per heavy atom. The van der Waals surface area contributed by atoms with E-state index in [0.29, 0.717) is 0 Å². The molecule has 7 heteroatoms. The van der Waals surface area contributed by atoms with Crippen LogP contribution < -0.4 is 10.6 Å². The van der Waals surface area contributed by atoms with Crippen molar-refractivity contribution in [2.45, 2.75) is 54.7 Å². The summed E-state index contributed by atoms with van der Waals surface area (Å²) in [6.07, 6.45) is -0.594. The molecule has 3 aromatic rings. The molecule has 1 aliphatic rings. The summed E-state index contributed by atoms with van der Waals surface area (Å²) in [7, 11) is 0. The van der Waals surface area contributed by atoms with Gasteiger partial charge in [-0.3, -0.25) is 10.1 Å². The second kappa shape index (κ2) is 11.3. The van der Waals surface area contributed by atoms with Crippen molar-refractivity contribution >= 4 is 25.1 Å². The summed E-state index contributed by atoms with van der Waals surface area (Å²) in [4.78, 5) is 13.2. The Morgan fingerprint density at radius 3 is 2.34 bits per heavy atom. The third kappa shape index (κ3) is 4.75. The summed E-state index contributed by atoms with van der Waals surface area (Å²) in [6, 6.07) is 15.4. The summed E-state index contributed by atoms with van der Waals surface area (Å²) in [5.41, 5.74) is 3.98. The molecule has 2 atom stereocenters. The lowest BCUT2D eigenvalue weighted by molar-refractivity contribution is -0.120. The van der Waals surface area contributed by atoms with Crippen LogP contribution in [0.2, 0.25) is 0 Å². The number of carbonyl (C=O) groups excluding carboxylic acids is 1. The zero-order chi connectivity index (χ0) is 19.9. The second-order valence-electron chi connectivity index (χ2n) is 7.26. The number of aliphatic hydroxyl groups is 1. The van der Waals surface area contributed by atoms with Crippen LogP contribution in [0.5, 0.6) is 0 Å². The van der Waals surface area contributed by atoms with Gasteiger partial charge in [0.25, 0.3) is 5.91 Å². The standard InChI is InChI=1S/C22H23N3O3.3CH4.H2S/c1-13(26)12-23-22(17-7-5-4-6-8-17)18-11-16(9-10-19(18)24-21(22)27)20-14(2)25-28-15(20)3;;;;/h4-11,13,23,26H,12H2,1-3H3,(H,24,27);3*1H4;1H2/t13-,22?;;;;/m0..../s1. The lowest BCUT2D eigenvalue weighted by Gasteiger charge is -2.30. The van der Waals surface area contributed by atoms with E-state index in [1.165, 1.54) is 0 Å². The van der Waals surface area contributed by atoms with Crippen LogP contribution in [-0.2, 0) is 10.3 Å². The Hall–Kier alpha value is -2.61. The molecule has 3 N–H and O–H groups in total. The predicted molar refractivity (Wildman–Crippen MR) is 138 cm³/mol. The van der Waals surface area contributed by atoms with E-state index in [4.69, 9.17) is 4.52 Å². The molecule has 176 valence electrons. The molecule has 6 nitrogen and oxygen atoms in total. The maximum atomic E-state index is 13.2. The maximum Gasteiger partial charge on any atom is 0.254 e. The first-order chi connectivity index (χ1) is 13.4. The van der Waals surface area contributed by atoms with Crippen molar-refractivity contribution in [2.75, 3.05) is 11.9 Å². The van der Waals surface area contributed by atoms with Crippen molar-refractivity contribution in [1.29, 1.82) is 0 Å². The van der Waals surface area contributed by atoms with Crippen LogP contribution in [0.4, 0.5) is 5.69 Å². The van der Waals surface area contributed by atoms with Crippen LogP contribution in [0.15, 0.2) is 53.1 Å². The number of benzene rings is 2. The van der Waals surface area contributed by atoms with Gasteiger partial charge in [-0.1, -0.05) is 63.8 Å². The van der Waals surface area contributed by atoms with Gasteiger partial charge in [0.15, 0.2) is 5.54 Å². The fourth-order valence-electron chi connectivity index (χ4n) is 3.91. The lowest BCUT2D eigenvalue weighted by atomic mass is 9.82. The highest BCUT2D eigenvalue weighted by Gasteiger charge is 2.48. The summed E-state index contributed by atoms with van der Waals surface area (Å²) in [5, 5.41) is 20.2. The van der Waals surface area contributed by atoms with Crippen molar-refractivity contribution < 1.29 is 14.4 Å². The molecule has 0 spiro atoms. The van der Waals surface area contributed by atoms with Crippen LogP contribution in [0.1, 0.15) is 51.8 Å². The second-order valence-corrected chi connectivity index (χ2v) is 7.26. The molecule has 2 heterocycles. The van der Waals surface area contributed by atoms with Crippen molar-refractivity contribution in [3.05, 3.63) is 71.1 Å². The van der Waals surface area contributed by atoms with Crippen LogP contribution in [-0.4, -0.2) is 28.8 Å². The first-order valence-electron chi connectivity index (χ1n) is 9.31. The van der Waals surface area contributed by atoms with E-state index < -0.39 is 11.6 Å². The number of rotatable bonds is 5. The normalized spacial score (nSPS) is 16.9. The highest BCUT2D eigenvalue weighted by atomic mass is 32.1. The third-order valence-electron chi connectivity index (χ3n) is 5.20. The summed E-state index contributed by atoms with van der Waals surface area (Å²) >= 11 is 0. The van der Waals surface area contributed by atoms with Crippen molar-refractivity contribution in [1.82, 2.24) is 10.5 Å². The molecular formula is C25H37N3O3S. The van der Waals surface area contributed by atoms with Crippen LogP contribution >= 0.6 is 13.5 Å². The van der Waals surface area contributed by atoms with Gasteiger partial charge in [-0.2, -0.15) is 13.5 Å². The minimum atomic E-state index is -1.08. The maximum absolute atomic E-state index is 13.2. The molecule has 1 amide bonds. The van der Waals surface area contributed by atoms with Gasteiger partial charge in [0.1, 0.15) is 5.76 Å². The van der Waals surface area contributed by atoms with Gasteiger partial charge in [0.2, 0.25) is 0 Å². The molecule has 2 aromatic carbocycles. The molecule has 0 aliphatic carbocycles. The van der Waals surface area contributed by atoms with E-state index in [2.05, 4.69) is 15.8 Å². The number of aliphatic hydroxyl groups excluding tert-OH is 1. The number of carbonyl (C=O) groups is 1. The van der Waals surface area contributed by atoms with E-state index in [1.54, 1.807) is 6.92 Å². The molecule has 0 saturated heterocycles. The van der Waals surface area contributed by atoms with Gasteiger partial charge < -0.3 is 14.9 Å². The van der Waals surface area contributed by atoms with Gasteiger partial charge in [-0.05, 0) is 44.0 Å². The number of nitrogens with one attached hydrogen (secondary N) is 2. The number of nitrogens with zero attached hydrogens (tertiary/aromatic N) is 1. The fourth-order valence-corrected chi connectivity index (χ4v) is 3.91. The van der Waals surface area contributed by atoms with Gasteiger partial charge in [-0.25, -0.2) is 0 Å². The zero-order valence-electron chi connectivity index (χ0n) is 16.6. The van der Waals surface area contributed by atoms with Crippen molar-refractivity contribution in [3.63, 3.8) is 0 Å². The molecule has 0 bridgehead atoms. The number of amides is 1. The molecule has 1 aliphatic heterocycles. The molecule has 32 heavy (non-hydrogen) atoms. The molecule has 1 unspecified atom stereocenters. The summed E-state index contributed by atoms with van der Waals surface area (Å²) < 4.78 is 5.32. The molecule has 1 aromatic heterocycles. The lowest BCUT2D eigenvalue weighted by Crippen LogP contribution is -2.51. The van der Waals surface area contributed by atoms with Gasteiger partial charge in [-0.15, -0.1) is 0 Å². The fraction of sp³-hybridized carbons (Fsp3) is 0.360. The number of fused-ring (bicyclic) bond motifs is 1. The quantitative estimate of drug-likeness (QED) is 0.491. The Balaban J connectivity index is 0.00000240. The monoisotopic (exact) mass is 459 g/mol. The first-order valence-corrected chi connectivity index (χ1v) is 9.31. The van der Waals surface area contributed by atoms with Crippen LogP contribution in [0, 0.1) is 13.8 Å². The minimum absolute atomic E-state index is 0. The molecule has 0 saturated carbocycles. The van der Waals surface area contributed by atoms with Gasteiger partial charge in [0, 0.05) is 23.4 Å². The van der Waals surface area contributed by atoms with E-state index in [-0.39, 0.29) is 48.2 Å². The first kappa shape index (κ1) is 29.4. The Labute approximate surface area is 198 Å². The molecule has 0 fully saturated rings. The van der Waals surface area contributed by atoms with E-state index in [9.17, 15) is 9.90 Å². The predicted octanol–water partition coefficient (Wildman–Crippen LogP) is 5.15. The Bertz CT molecular complexity index is 1010. The molecule has 4 rings (SSSR count). The highest BCUT2D eigenvalue weighted by molar-refractivity contribution is 7.59. The summed E-state index contributed by atoms with van der Waals surface area (Å²) in [6.45, 7) is 5.75. The number of aryl methyl sites for hydroxylation is 2. The number of anilines is 1. The molecule has 0 radical (unpaired) electrons. The van der Waals surface area contributed by atoms with Gasteiger partial charge >= 0.3 is 0 Å². The summed E-state index contributed by atoms with van der Waals surface area (Å²) in [5.74, 6) is 0.572.